The average Bonchev–Trinajstić information content (AvgIpc) is 2.93. The number of carboxylic acids is 1. The van der Waals surface area contributed by atoms with Crippen LogP contribution in [0.2, 0.25) is 0 Å². The molecule has 30 heavy (non-hydrogen) atoms. The molecule has 0 bridgehead atoms. The Balaban J connectivity index is 2.05. The second-order valence-corrected chi connectivity index (χ2v) is 7.45. The molecule has 6 nitrogen and oxygen atoms in total. The Bertz CT molecular complexity index is 1150. The van der Waals surface area contributed by atoms with Crippen LogP contribution in [-0.4, -0.2) is 38.2 Å². The molecule has 1 aromatic heterocycles. The molecule has 0 saturated carbocycles. The van der Waals surface area contributed by atoms with Crippen LogP contribution in [0, 0.1) is 19.7 Å². The van der Waals surface area contributed by atoms with Crippen molar-refractivity contribution in [3.05, 3.63) is 64.6 Å². The first kappa shape index (κ1) is 21.4. The minimum absolute atomic E-state index is 0.00745. The number of aromatic nitrogens is 1. The van der Waals surface area contributed by atoms with Crippen molar-refractivity contribution < 1.29 is 24.2 Å². The van der Waals surface area contributed by atoms with Crippen molar-refractivity contribution in [2.45, 2.75) is 26.7 Å². The van der Waals surface area contributed by atoms with Gasteiger partial charge in [-0.2, -0.15) is 0 Å². The van der Waals surface area contributed by atoms with Crippen LogP contribution in [0.5, 0.6) is 5.75 Å². The summed E-state index contributed by atoms with van der Waals surface area (Å²) in [6.45, 7) is 3.74. The van der Waals surface area contributed by atoms with E-state index in [1.807, 2.05) is 31.2 Å². The highest BCUT2D eigenvalue weighted by Gasteiger charge is 2.21. The lowest BCUT2D eigenvalue weighted by Gasteiger charge is -2.11. The Morgan fingerprint density at radius 1 is 1.17 bits per heavy atom. The molecule has 0 atom stereocenters. The van der Waals surface area contributed by atoms with E-state index in [1.54, 1.807) is 11.5 Å². The molecule has 2 aromatic carbocycles. The standard InChI is InChI=1S/C22H21FN2O4S/c1-12-3-5-14(6-4-12)22(30)25-13(2)15(10-20(27)24-8-7-21(28)29)16-9-19(26)17(23)11-18(16)25/h3-6,9,11,26H,7-8,10H2,1-2H3,(H,24,27)(H,28,29). The zero-order valence-electron chi connectivity index (χ0n) is 16.5. The smallest absolute Gasteiger partial charge is 0.305 e. The lowest BCUT2D eigenvalue weighted by Crippen LogP contribution is -2.27. The van der Waals surface area contributed by atoms with Gasteiger partial charge in [-0.05, 0) is 25.5 Å². The number of benzene rings is 2. The molecule has 0 aliphatic carbocycles. The molecular weight excluding hydrogens is 407 g/mol. The minimum atomic E-state index is -1.01. The molecule has 0 fully saturated rings. The molecule has 156 valence electrons. The first-order valence-corrected chi connectivity index (χ1v) is 9.72. The van der Waals surface area contributed by atoms with Gasteiger partial charge in [0.15, 0.2) is 11.6 Å². The van der Waals surface area contributed by atoms with Gasteiger partial charge in [-0.15, -0.1) is 0 Å². The molecule has 0 spiro atoms. The Morgan fingerprint density at radius 2 is 1.83 bits per heavy atom. The quantitative estimate of drug-likeness (QED) is 0.523. The molecule has 0 aliphatic rings. The second-order valence-electron chi connectivity index (χ2n) is 7.06. The van der Waals surface area contributed by atoms with Crippen LogP contribution in [-0.2, 0) is 16.0 Å². The van der Waals surface area contributed by atoms with Crippen LogP contribution in [0.15, 0.2) is 36.4 Å². The molecule has 3 aromatic rings. The predicted octanol–water partition coefficient (Wildman–Crippen LogP) is 3.46. The van der Waals surface area contributed by atoms with Crippen molar-refractivity contribution in [2.24, 2.45) is 0 Å². The topological polar surface area (TPSA) is 91.6 Å². The SMILES string of the molecule is Cc1ccc(C(=S)n2c(C)c(CC(=O)NCCC(=O)O)c3cc(O)c(F)cc32)cc1. The number of aryl methyl sites for hydroxylation is 1. The summed E-state index contributed by atoms with van der Waals surface area (Å²) in [6.07, 6.45) is -0.244. The van der Waals surface area contributed by atoms with Crippen molar-refractivity contribution in [1.82, 2.24) is 9.88 Å². The molecule has 0 radical (unpaired) electrons. The van der Waals surface area contributed by atoms with E-state index in [4.69, 9.17) is 17.3 Å². The number of aromatic hydroxyl groups is 1. The number of nitrogens with zero attached hydrogens (tertiary/aromatic N) is 1. The Morgan fingerprint density at radius 3 is 2.47 bits per heavy atom. The second kappa shape index (κ2) is 8.62. The number of phenolic OH excluding ortho intramolecular Hbond substituents is 1. The summed E-state index contributed by atoms with van der Waals surface area (Å²) in [6, 6.07) is 10.1. The number of nitrogens with one attached hydrogen (secondary N) is 1. The van der Waals surface area contributed by atoms with Crippen molar-refractivity contribution in [2.75, 3.05) is 6.54 Å². The number of hydrogen-bond donors (Lipinski definition) is 3. The molecule has 3 N–H and O–H groups in total. The van der Waals surface area contributed by atoms with E-state index in [0.29, 0.717) is 27.1 Å². The first-order chi connectivity index (χ1) is 14.2. The molecule has 8 heteroatoms. The number of thiocarbonyl (C=S) groups is 1. The van der Waals surface area contributed by atoms with E-state index < -0.39 is 17.5 Å². The van der Waals surface area contributed by atoms with Crippen LogP contribution in [0.3, 0.4) is 0 Å². The maximum Gasteiger partial charge on any atom is 0.305 e. The van der Waals surface area contributed by atoms with Gasteiger partial charge in [0.25, 0.3) is 0 Å². The molecule has 0 saturated heterocycles. The third-order valence-corrected chi connectivity index (χ3v) is 5.32. The fourth-order valence-electron chi connectivity index (χ4n) is 3.33. The number of hydrogen-bond acceptors (Lipinski definition) is 4. The van der Waals surface area contributed by atoms with Gasteiger partial charge in [0.05, 0.1) is 18.4 Å². The van der Waals surface area contributed by atoms with Gasteiger partial charge in [-0.25, -0.2) is 4.39 Å². The van der Waals surface area contributed by atoms with E-state index in [-0.39, 0.29) is 25.3 Å². The highest BCUT2D eigenvalue weighted by atomic mass is 32.1. The predicted molar refractivity (Wildman–Crippen MR) is 116 cm³/mol. The van der Waals surface area contributed by atoms with Gasteiger partial charge < -0.3 is 20.1 Å². The van der Waals surface area contributed by atoms with E-state index in [2.05, 4.69) is 5.32 Å². The van der Waals surface area contributed by atoms with Crippen molar-refractivity contribution in [1.29, 1.82) is 0 Å². The fraction of sp³-hybridized carbons (Fsp3) is 0.227. The maximum atomic E-state index is 14.2. The van der Waals surface area contributed by atoms with Gasteiger partial charge in [-0.1, -0.05) is 42.0 Å². The van der Waals surface area contributed by atoms with E-state index in [1.165, 1.54) is 12.1 Å². The molecular formula is C22H21FN2O4S. The zero-order valence-corrected chi connectivity index (χ0v) is 17.3. The van der Waals surface area contributed by atoms with E-state index in [0.717, 1.165) is 11.1 Å². The lowest BCUT2D eigenvalue weighted by atomic mass is 10.1. The van der Waals surface area contributed by atoms with Gasteiger partial charge in [0.1, 0.15) is 4.99 Å². The number of carbonyl (C=O) groups excluding carboxylic acids is 1. The minimum Gasteiger partial charge on any atom is -0.505 e. The third kappa shape index (κ3) is 4.33. The molecule has 3 rings (SSSR count). The van der Waals surface area contributed by atoms with Gasteiger partial charge in [0, 0.05) is 29.3 Å². The highest BCUT2D eigenvalue weighted by molar-refractivity contribution is 7.80. The number of fused-ring (bicyclic) bond motifs is 1. The van der Waals surface area contributed by atoms with Crippen molar-refractivity contribution in [3.8, 4) is 5.75 Å². The average molecular weight is 428 g/mol. The first-order valence-electron chi connectivity index (χ1n) is 9.31. The third-order valence-electron chi connectivity index (χ3n) is 4.90. The molecule has 1 amide bonds. The Hall–Kier alpha value is -3.26. The number of phenols is 1. The number of aliphatic carboxylic acids is 1. The van der Waals surface area contributed by atoms with Crippen LogP contribution in [0.25, 0.3) is 10.9 Å². The monoisotopic (exact) mass is 428 g/mol. The molecule has 0 aliphatic heterocycles. The number of rotatable bonds is 6. The summed E-state index contributed by atoms with van der Waals surface area (Å²) in [5.74, 6) is -2.69. The van der Waals surface area contributed by atoms with Crippen LogP contribution in [0.1, 0.15) is 28.8 Å². The van der Waals surface area contributed by atoms with Crippen LogP contribution in [0.4, 0.5) is 4.39 Å². The largest absolute Gasteiger partial charge is 0.505 e. The molecule has 0 unspecified atom stereocenters. The fourth-order valence-corrected chi connectivity index (χ4v) is 3.70. The summed E-state index contributed by atoms with van der Waals surface area (Å²) in [5, 5.41) is 21.7. The van der Waals surface area contributed by atoms with Crippen molar-refractivity contribution in [3.63, 3.8) is 0 Å². The number of carboxylic acid groups (broad SMARTS) is 1. The van der Waals surface area contributed by atoms with E-state index in [9.17, 15) is 19.1 Å². The number of carbonyl (C=O) groups is 2. The summed E-state index contributed by atoms with van der Waals surface area (Å²) in [5.41, 5.74) is 3.52. The Labute approximate surface area is 177 Å². The van der Waals surface area contributed by atoms with E-state index >= 15 is 0 Å². The molecule has 1 heterocycles. The highest BCUT2D eigenvalue weighted by Crippen LogP contribution is 2.32. The Kier molecular flexibility index (Phi) is 6.17. The number of amides is 1. The lowest BCUT2D eigenvalue weighted by molar-refractivity contribution is -0.136. The summed E-state index contributed by atoms with van der Waals surface area (Å²) >= 11 is 5.66. The normalized spacial score (nSPS) is 10.9. The summed E-state index contributed by atoms with van der Waals surface area (Å²) in [4.78, 5) is 23.4. The summed E-state index contributed by atoms with van der Waals surface area (Å²) in [7, 11) is 0. The number of halogens is 1. The van der Waals surface area contributed by atoms with Crippen LogP contribution < -0.4 is 5.32 Å². The van der Waals surface area contributed by atoms with Gasteiger partial charge in [-0.3, -0.25) is 9.59 Å². The summed E-state index contributed by atoms with van der Waals surface area (Å²) < 4.78 is 15.8. The van der Waals surface area contributed by atoms with Gasteiger partial charge >= 0.3 is 5.97 Å². The van der Waals surface area contributed by atoms with Crippen molar-refractivity contribution >= 4 is 40.0 Å². The zero-order chi connectivity index (χ0) is 22.0. The van der Waals surface area contributed by atoms with Gasteiger partial charge in [0.2, 0.25) is 5.91 Å². The maximum absolute atomic E-state index is 14.2. The van der Waals surface area contributed by atoms with Crippen LogP contribution >= 0.6 is 12.2 Å².